The Bertz CT molecular complexity index is 720. The van der Waals surface area contributed by atoms with Crippen molar-refractivity contribution in [2.75, 3.05) is 44.7 Å². The number of nitrogens with zero attached hydrogens (tertiary/aromatic N) is 5. The van der Waals surface area contributed by atoms with Crippen LogP contribution in [-0.4, -0.2) is 60.4 Å². The molecular formula is C19H27ClN6. The molecule has 0 spiro atoms. The maximum absolute atomic E-state index is 6.17. The van der Waals surface area contributed by atoms with Crippen LogP contribution in [0.4, 0.5) is 5.69 Å². The van der Waals surface area contributed by atoms with Crippen molar-refractivity contribution in [1.29, 1.82) is 0 Å². The summed E-state index contributed by atoms with van der Waals surface area (Å²) in [7, 11) is 1.85. The van der Waals surface area contributed by atoms with Crippen LogP contribution < -0.4 is 10.2 Å². The van der Waals surface area contributed by atoms with Gasteiger partial charge in [0.25, 0.3) is 0 Å². The molecule has 1 fully saturated rings. The van der Waals surface area contributed by atoms with Gasteiger partial charge in [0.2, 0.25) is 0 Å². The number of nitrogens with one attached hydrogen (secondary N) is 1. The molecule has 1 aliphatic rings. The second-order valence-electron chi connectivity index (χ2n) is 6.50. The Morgan fingerprint density at radius 2 is 2.08 bits per heavy atom. The highest BCUT2D eigenvalue weighted by Crippen LogP contribution is 2.25. The first-order valence-electron chi connectivity index (χ1n) is 9.11. The van der Waals surface area contributed by atoms with Gasteiger partial charge in [-0.05, 0) is 37.1 Å². The van der Waals surface area contributed by atoms with Crippen molar-refractivity contribution < 1.29 is 0 Å². The molecule has 26 heavy (non-hydrogen) atoms. The van der Waals surface area contributed by atoms with Crippen molar-refractivity contribution in [2.45, 2.75) is 19.9 Å². The number of anilines is 1. The zero-order valence-electron chi connectivity index (χ0n) is 15.5. The quantitative estimate of drug-likeness (QED) is 0.496. The number of guanidine groups is 1. The molecule has 0 saturated carbocycles. The van der Waals surface area contributed by atoms with E-state index in [0.29, 0.717) is 0 Å². The molecule has 0 amide bonds. The highest BCUT2D eigenvalue weighted by molar-refractivity contribution is 6.30. The summed E-state index contributed by atoms with van der Waals surface area (Å²) in [5.41, 5.74) is 2.50. The lowest BCUT2D eigenvalue weighted by atomic mass is 10.1. The van der Waals surface area contributed by atoms with E-state index >= 15 is 0 Å². The molecule has 0 aliphatic carbocycles. The molecule has 1 aliphatic heterocycles. The monoisotopic (exact) mass is 374 g/mol. The molecule has 7 heteroatoms. The topological polar surface area (TPSA) is 48.7 Å². The number of hydrogen-bond donors (Lipinski definition) is 1. The Hall–Kier alpha value is -2.21. The molecule has 0 radical (unpaired) electrons. The van der Waals surface area contributed by atoms with E-state index in [1.807, 2.05) is 36.3 Å². The summed E-state index contributed by atoms with van der Waals surface area (Å²) in [6.07, 6.45) is 4.82. The Balaban J connectivity index is 1.47. The number of hydrogen-bond acceptors (Lipinski definition) is 3. The van der Waals surface area contributed by atoms with Gasteiger partial charge in [-0.1, -0.05) is 17.7 Å². The summed E-state index contributed by atoms with van der Waals surface area (Å²) in [6, 6.07) is 8.05. The van der Waals surface area contributed by atoms with Gasteiger partial charge < -0.3 is 15.1 Å². The molecule has 1 aromatic heterocycles. The summed E-state index contributed by atoms with van der Waals surface area (Å²) < 4.78 is 1.95. The molecule has 0 bridgehead atoms. The van der Waals surface area contributed by atoms with Gasteiger partial charge in [0.05, 0.1) is 0 Å². The number of rotatable bonds is 5. The fourth-order valence-corrected chi connectivity index (χ4v) is 3.45. The van der Waals surface area contributed by atoms with Gasteiger partial charge in [-0.25, -0.2) is 0 Å². The summed E-state index contributed by atoms with van der Waals surface area (Å²) in [6.45, 7) is 7.77. The third-order valence-electron chi connectivity index (χ3n) is 4.71. The second-order valence-corrected chi connectivity index (χ2v) is 6.94. The average molecular weight is 375 g/mol. The smallest absolute Gasteiger partial charge is 0.193 e. The van der Waals surface area contributed by atoms with Crippen LogP contribution in [0.2, 0.25) is 5.02 Å². The third-order valence-corrected chi connectivity index (χ3v) is 4.94. The molecule has 2 heterocycles. The minimum atomic E-state index is 0.794. The van der Waals surface area contributed by atoms with Gasteiger partial charge in [0.1, 0.15) is 0 Å². The van der Waals surface area contributed by atoms with E-state index in [-0.39, 0.29) is 0 Å². The Morgan fingerprint density at radius 3 is 2.77 bits per heavy atom. The summed E-state index contributed by atoms with van der Waals surface area (Å²) >= 11 is 6.17. The van der Waals surface area contributed by atoms with Gasteiger partial charge in [0.15, 0.2) is 5.96 Å². The number of aromatic nitrogens is 2. The Labute approximate surface area is 160 Å². The van der Waals surface area contributed by atoms with Crippen molar-refractivity contribution >= 4 is 23.2 Å². The number of aliphatic imine (C=N–C) groups is 1. The van der Waals surface area contributed by atoms with Crippen molar-refractivity contribution in [3.05, 3.63) is 47.2 Å². The lowest BCUT2D eigenvalue weighted by Gasteiger charge is -2.38. The van der Waals surface area contributed by atoms with Crippen LogP contribution in [0.25, 0.3) is 0 Å². The number of piperazine rings is 1. The van der Waals surface area contributed by atoms with E-state index in [1.165, 1.54) is 11.3 Å². The van der Waals surface area contributed by atoms with Crippen LogP contribution in [0.3, 0.4) is 0 Å². The summed E-state index contributed by atoms with van der Waals surface area (Å²) in [5.74, 6) is 0.980. The molecule has 3 rings (SSSR count). The first kappa shape index (κ1) is 18.6. The standard InChI is InChI=1S/C19H27ClN6/c1-16-5-6-17(20)15-18(16)24-11-13-25(14-12-24)19(21-2)22-7-3-9-26-10-4-8-23-26/h4-6,8,10,15H,3,7,9,11-14H2,1-2H3,(H,21,22). The van der Waals surface area contributed by atoms with E-state index < -0.39 is 0 Å². The van der Waals surface area contributed by atoms with Crippen LogP contribution >= 0.6 is 11.6 Å². The molecule has 2 aromatic rings. The maximum Gasteiger partial charge on any atom is 0.193 e. The molecular weight excluding hydrogens is 348 g/mol. The van der Waals surface area contributed by atoms with Crippen molar-refractivity contribution in [2.24, 2.45) is 4.99 Å². The predicted molar refractivity (Wildman–Crippen MR) is 108 cm³/mol. The van der Waals surface area contributed by atoms with Crippen LogP contribution in [0.1, 0.15) is 12.0 Å². The predicted octanol–water partition coefficient (Wildman–Crippen LogP) is 2.63. The second kappa shape index (κ2) is 8.94. The van der Waals surface area contributed by atoms with E-state index in [0.717, 1.165) is 56.7 Å². The lowest BCUT2D eigenvalue weighted by Crippen LogP contribution is -2.52. The van der Waals surface area contributed by atoms with Crippen molar-refractivity contribution in [3.8, 4) is 0 Å². The normalized spacial score (nSPS) is 15.4. The summed E-state index contributed by atoms with van der Waals surface area (Å²) in [5, 5.41) is 8.49. The first-order valence-corrected chi connectivity index (χ1v) is 9.49. The SMILES string of the molecule is CN=C(NCCCn1cccn1)N1CCN(c2cc(Cl)ccc2C)CC1. The minimum absolute atomic E-state index is 0.794. The van der Waals surface area contributed by atoms with Crippen LogP contribution in [-0.2, 0) is 6.54 Å². The van der Waals surface area contributed by atoms with Crippen LogP contribution in [0.5, 0.6) is 0 Å². The van der Waals surface area contributed by atoms with Gasteiger partial charge >= 0.3 is 0 Å². The maximum atomic E-state index is 6.17. The van der Waals surface area contributed by atoms with Crippen molar-refractivity contribution in [3.63, 3.8) is 0 Å². The van der Waals surface area contributed by atoms with Crippen molar-refractivity contribution in [1.82, 2.24) is 20.0 Å². The van der Waals surface area contributed by atoms with Crippen LogP contribution in [0, 0.1) is 6.92 Å². The molecule has 140 valence electrons. The Kier molecular flexibility index (Phi) is 6.39. The number of halogens is 1. The molecule has 1 aromatic carbocycles. The molecule has 6 nitrogen and oxygen atoms in total. The zero-order valence-corrected chi connectivity index (χ0v) is 16.3. The van der Waals surface area contributed by atoms with Gasteiger partial charge in [-0.15, -0.1) is 0 Å². The fraction of sp³-hybridized carbons (Fsp3) is 0.474. The zero-order chi connectivity index (χ0) is 18.4. The molecule has 1 N–H and O–H groups in total. The fourth-order valence-electron chi connectivity index (χ4n) is 3.29. The van der Waals surface area contributed by atoms with E-state index in [9.17, 15) is 0 Å². The highest BCUT2D eigenvalue weighted by atomic mass is 35.5. The first-order chi connectivity index (χ1) is 12.7. The summed E-state index contributed by atoms with van der Waals surface area (Å²) in [4.78, 5) is 9.17. The number of aryl methyl sites for hydroxylation is 2. The van der Waals surface area contributed by atoms with E-state index in [4.69, 9.17) is 11.6 Å². The Morgan fingerprint density at radius 1 is 1.27 bits per heavy atom. The third kappa shape index (κ3) is 4.69. The minimum Gasteiger partial charge on any atom is -0.368 e. The van der Waals surface area contributed by atoms with Gasteiger partial charge in [-0.2, -0.15) is 5.10 Å². The lowest BCUT2D eigenvalue weighted by molar-refractivity contribution is 0.371. The van der Waals surface area contributed by atoms with Gasteiger partial charge in [-0.3, -0.25) is 9.67 Å². The average Bonchev–Trinajstić information content (AvgIpc) is 3.18. The largest absolute Gasteiger partial charge is 0.368 e. The van der Waals surface area contributed by atoms with E-state index in [2.05, 4.69) is 44.3 Å². The van der Waals surface area contributed by atoms with Crippen LogP contribution in [0.15, 0.2) is 41.7 Å². The molecule has 1 saturated heterocycles. The van der Waals surface area contributed by atoms with E-state index in [1.54, 1.807) is 0 Å². The molecule has 0 atom stereocenters. The highest BCUT2D eigenvalue weighted by Gasteiger charge is 2.20. The number of benzene rings is 1. The molecule has 0 unspecified atom stereocenters. The van der Waals surface area contributed by atoms with Gasteiger partial charge in [0, 0.05) is 69.4 Å².